The number of aryl methyl sites for hydroxylation is 1. The first kappa shape index (κ1) is 18.0. The lowest BCUT2D eigenvalue weighted by atomic mass is 10.2. The Balaban J connectivity index is 2.08. The molecule has 1 heterocycles. The van der Waals surface area contributed by atoms with Gasteiger partial charge in [-0.25, -0.2) is 9.48 Å². The lowest BCUT2D eigenvalue weighted by Crippen LogP contribution is -2.11. The molecular formula is C15H19ClN4O4. The molecule has 1 aromatic carbocycles. The number of hydrogen-bond donors (Lipinski definition) is 0. The summed E-state index contributed by atoms with van der Waals surface area (Å²) in [6, 6.07) is 2.97. The molecule has 0 radical (unpaired) electrons. The summed E-state index contributed by atoms with van der Waals surface area (Å²) in [5.74, 6) is 0.648. The summed E-state index contributed by atoms with van der Waals surface area (Å²) in [7, 11) is 2.93. The number of nitrogens with zero attached hydrogens (tertiary/aromatic N) is 4. The van der Waals surface area contributed by atoms with Gasteiger partial charge >= 0.3 is 5.97 Å². The number of hydrogen-bond acceptors (Lipinski definition) is 7. The molecule has 2 rings (SSSR count). The van der Waals surface area contributed by atoms with Gasteiger partial charge in [0.25, 0.3) is 0 Å². The largest absolute Gasteiger partial charge is 0.493 e. The Morgan fingerprint density at radius 1 is 1.29 bits per heavy atom. The van der Waals surface area contributed by atoms with Gasteiger partial charge in [0.15, 0.2) is 23.9 Å². The fourth-order valence-corrected chi connectivity index (χ4v) is 2.35. The van der Waals surface area contributed by atoms with E-state index in [2.05, 4.69) is 22.4 Å². The highest BCUT2D eigenvalue weighted by Gasteiger charge is 2.17. The first-order valence-electron chi connectivity index (χ1n) is 7.44. The van der Waals surface area contributed by atoms with Gasteiger partial charge in [-0.3, -0.25) is 0 Å². The van der Waals surface area contributed by atoms with Gasteiger partial charge in [-0.05, 0) is 29.0 Å². The topological polar surface area (TPSA) is 88.4 Å². The highest BCUT2D eigenvalue weighted by molar-refractivity contribution is 6.32. The standard InChI is InChI=1S/C15H19ClN4O4/c1-4-5-6-20-13(17-18-19-20)9-24-15(21)10-7-11(16)14(23-3)12(8-10)22-2/h7-8H,4-6,9H2,1-3H3. The summed E-state index contributed by atoms with van der Waals surface area (Å²) in [5, 5.41) is 11.6. The predicted octanol–water partition coefficient (Wildman–Crippen LogP) is 2.50. The van der Waals surface area contributed by atoms with E-state index in [4.69, 9.17) is 25.8 Å². The molecule has 0 bridgehead atoms. The summed E-state index contributed by atoms with van der Waals surface area (Å²) >= 11 is 6.09. The monoisotopic (exact) mass is 354 g/mol. The van der Waals surface area contributed by atoms with Crippen molar-refractivity contribution in [3.05, 3.63) is 28.5 Å². The second kappa shape index (κ2) is 8.49. The fraction of sp³-hybridized carbons (Fsp3) is 0.467. The minimum Gasteiger partial charge on any atom is -0.493 e. The maximum absolute atomic E-state index is 12.2. The van der Waals surface area contributed by atoms with Crippen molar-refractivity contribution in [3.63, 3.8) is 0 Å². The van der Waals surface area contributed by atoms with Crippen LogP contribution in [0.5, 0.6) is 11.5 Å². The number of aromatic nitrogens is 4. The summed E-state index contributed by atoms with van der Waals surface area (Å²) in [6.07, 6.45) is 1.96. The third-order valence-corrected chi connectivity index (χ3v) is 3.61. The van der Waals surface area contributed by atoms with Crippen LogP contribution in [0.15, 0.2) is 12.1 Å². The van der Waals surface area contributed by atoms with E-state index < -0.39 is 5.97 Å². The number of esters is 1. The van der Waals surface area contributed by atoms with Crippen LogP contribution in [-0.2, 0) is 17.9 Å². The smallest absolute Gasteiger partial charge is 0.338 e. The summed E-state index contributed by atoms with van der Waals surface area (Å²) in [6.45, 7) is 2.73. The summed E-state index contributed by atoms with van der Waals surface area (Å²) < 4.78 is 17.2. The van der Waals surface area contributed by atoms with Crippen molar-refractivity contribution < 1.29 is 19.0 Å². The van der Waals surface area contributed by atoms with Crippen LogP contribution in [-0.4, -0.2) is 40.4 Å². The molecule has 0 spiro atoms. The van der Waals surface area contributed by atoms with E-state index >= 15 is 0 Å². The number of halogens is 1. The first-order valence-corrected chi connectivity index (χ1v) is 7.82. The molecule has 2 aromatic rings. The number of ether oxygens (including phenoxy) is 3. The minimum atomic E-state index is -0.553. The number of carbonyl (C=O) groups is 1. The molecule has 0 fully saturated rings. The van der Waals surface area contributed by atoms with Gasteiger partial charge in [-0.15, -0.1) is 5.10 Å². The quantitative estimate of drug-likeness (QED) is 0.673. The van der Waals surface area contributed by atoms with Crippen LogP contribution in [0.25, 0.3) is 0 Å². The zero-order valence-electron chi connectivity index (χ0n) is 13.8. The molecule has 24 heavy (non-hydrogen) atoms. The molecule has 0 atom stereocenters. The van der Waals surface area contributed by atoms with Gasteiger partial charge in [0.05, 0.1) is 24.8 Å². The molecular weight excluding hydrogens is 336 g/mol. The molecule has 8 nitrogen and oxygen atoms in total. The Labute approximate surface area is 144 Å². The maximum atomic E-state index is 12.2. The van der Waals surface area contributed by atoms with Crippen molar-refractivity contribution in [2.75, 3.05) is 14.2 Å². The molecule has 0 saturated carbocycles. The van der Waals surface area contributed by atoms with Crippen molar-refractivity contribution in [1.82, 2.24) is 20.2 Å². The average molecular weight is 355 g/mol. The summed E-state index contributed by atoms with van der Waals surface area (Å²) in [5.41, 5.74) is 0.255. The Morgan fingerprint density at radius 2 is 2.08 bits per heavy atom. The second-order valence-corrected chi connectivity index (χ2v) is 5.35. The average Bonchev–Trinajstić information content (AvgIpc) is 3.04. The highest BCUT2D eigenvalue weighted by atomic mass is 35.5. The Morgan fingerprint density at radius 3 is 2.75 bits per heavy atom. The molecule has 0 unspecified atom stereocenters. The van der Waals surface area contributed by atoms with Gasteiger partial charge in [-0.1, -0.05) is 24.9 Å². The van der Waals surface area contributed by atoms with Gasteiger partial charge in [0.1, 0.15) is 0 Å². The Bertz CT molecular complexity index is 705. The molecule has 0 saturated heterocycles. The molecule has 0 amide bonds. The van der Waals surface area contributed by atoms with E-state index in [1.807, 2.05) is 0 Å². The van der Waals surface area contributed by atoms with Crippen LogP contribution in [0.2, 0.25) is 5.02 Å². The zero-order valence-corrected chi connectivity index (χ0v) is 14.5. The lowest BCUT2D eigenvalue weighted by Gasteiger charge is -2.11. The SMILES string of the molecule is CCCCn1nnnc1COC(=O)c1cc(Cl)c(OC)c(OC)c1. The fourth-order valence-electron chi connectivity index (χ4n) is 2.06. The maximum Gasteiger partial charge on any atom is 0.338 e. The van der Waals surface area contributed by atoms with E-state index in [1.165, 1.54) is 26.4 Å². The number of benzene rings is 1. The molecule has 130 valence electrons. The van der Waals surface area contributed by atoms with Crippen LogP contribution >= 0.6 is 11.6 Å². The predicted molar refractivity (Wildman–Crippen MR) is 86.4 cm³/mol. The molecule has 9 heteroatoms. The van der Waals surface area contributed by atoms with Crippen molar-refractivity contribution in [3.8, 4) is 11.5 Å². The molecule has 0 aliphatic rings. The van der Waals surface area contributed by atoms with Crippen LogP contribution in [0.3, 0.4) is 0 Å². The van der Waals surface area contributed by atoms with Crippen molar-refractivity contribution in [2.24, 2.45) is 0 Å². The summed E-state index contributed by atoms with van der Waals surface area (Å²) in [4.78, 5) is 12.2. The molecule has 0 N–H and O–H groups in total. The van der Waals surface area contributed by atoms with Crippen LogP contribution in [0.1, 0.15) is 35.9 Å². The first-order chi connectivity index (χ1) is 11.6. The number of rotatable bonds is 8. The molecule has 0 aliphatic heterocycles. The van der Waals surface area contributed by atoms with Crippen LogP contribution in [0.4, 0.5) is 0 Å². The van der Waals surface area contributed by atoms with Crippen molar-refractivity contribution in [1.29, 1.82) is 0 Å². The third kappa shape index (κ3) is 4.14. The lowest BCUT2D eigenvalue weighted by molar-refractivity contribution is 0.0456. The normalized spacial score (nSPS) is 10.5. The number of unbranched alkanes of at least 4 members (excludes halogenated alkanes) is 1. The third-order valence-electron chi connectivity index (χ3n) is 3.33. The van der Waals surface area contributed by atoms with Crippen molar-refractivity contribution >= 4 is 17.6 Å². The van der Waals surface area contributed by atoms with Crippen molar-refractivity contribution in [2.45, 2.75) is 32.9 Å². The molecule has 1 aromatic heterocycles. The number of carbonyl (C=O) groups excluding carboxylic acids is 1. The van der Waals surface area contributed by atoms with E-state index in [0.717, 1.165) is 12.8 Å². The number of tetrazole rings is 1. The van der Waals surface area contributed by atoms with Crippen LogP contribution < -0.4 is 9.47 Å². The Kier molecular flexibility index (Phi) is 6.36. The van der Waals surface area contributed by atoms with Gasteiger partial charge < -0.3 is 14.2 Å². The zero-order chi connectivity index (χ0) is 17.5. The Hall–Kier alpha value is -2.35. The van der Waals surface area contributed by atoms with E-state index in [1.54, 1.807) is 4.68 Å². The van der Waals surface area contributed by atoms with E-state index in [9.17, 15) is 4.79 Å². The van der Waals surface area contributed by atoms with Gasteiger partial charge in [0.2, 0.25) is 0 Å². The van der Waals surface area contributed by atoms with Gasteiger partial charge in [-0.2, -0.15) is 0 Å². The van der Waals surface area contributed by atoms with E-state index in [0.29, 0.717) is 23.9 Å². The minimum absolute atomic E-state index is 0.0263. The highest BCUT2D eigenvalue weighted by Crippen LogP contribution is 2.36. The van der Waals surface area contributed by atoms with E-state index in [-0.39, 0.29) is 17.2 Å². The number of methoxy groups -OCH3 is 2. The second-order valence-electron chi connectivity index (χ2n) is 4.94. The van der Waals surface area contributed by atoms with Crippen LogP contribution in [0, 0.1) is 0 Å². The molecule has 0 aliphatic carbocycles. The van der Waals surface area contributed by atoms with Gasteiger partial charge in [0, 0.05) is 6.54 Å².